The largest absolute Gasteiger partial charge is 0.495 e. The van der Waals surface area contributed by atoms with Crippen LogP contribution in [0.1, 0.15) is 19.8 Å². The lowest BCUT2D eigenvalue weighted by molar-refractivity contribution is -0.139. The van der Waals surface area contributed by atoms with Crippen molar-refractivity contribution in [3.63, 3.8) is 0 Å². The second-order valence-corrected chi connectivity index (χ2v) is 6.21. The molecule has 0 aliphatic heterocycles. The minimum Gasteiger partial charge on any atom is -0.495 e. The number of hydrogen-bond donors (Lipinski definition) is 2. The maximum atomic E-state index is 12.2. The lowest BCUT2D eigenvalue weighted by Crippen LogP contribution is -2.40. The molecule has 112 valence electrons. The van der Waals surface area contributed by atoms with Crippen molar-refractivity contribution in [3.05, 3.63) is 23.2 Å². The molecule has 2 N–H and O–H groups in total. The number of benzene rings is 1. The molecule has 8 heteroatoms. The Kier molecular flexibility index (Phi) is 5.79. The van der Waals surface area contributed by atoms with Gasteiger partial charge in [-0.25, -0.2) is 8.42 Å². The van der Waals surface area contributed by atoms with Crippen molar-refractivity contribution >= 4 is 27.6 Å². The predicted octanol–water partition coefficient (Wildman–Crippen LogP) is 1.88. The molecule has 0 bridgehead atoms. The van der Waals surface area contributed by atoms with Crippen molar-refractivity contribution < 1.29 is 23.1 Å². The Labute approximate surface area is 122 Å². The molecule has 0 aliphatic rings. The molecule has 0 saturated heterocycles. The summed E-state index contributed by atoms with van der Waals surface area (Å²) in [6, 6.07) is 2.92. The molecule has 0 heterocycles. The second kappa shape index (κ2) is 6.92. The van der Waals surface area contributed by atoms with Crippen LogP contribution in [0.2, 0.25) is 5.02 Å². The number of sulfonamides is 1. The SMILES string of the molecule is CCCC(NS(=O)(=O)c1cc(Cl)ccc1OC)C(=O)O. The van der Waals surface area contributed by atoms with Crippen LogP contribution in [0, 0.1) is 0 Å². The van der Waals surface area contributed by atoms with Gasteiger partial charge in [0.1, 0.15) is 16.7 Å². The van der Waals surface area contributed by atoms with Crippen LogP contribution < -0.4 is 9.46 Å². The highest BCUT2D eigenvalue weighted by molar-refractivity contribution is 7.89. The summed E-state index contributed by atoms with van der Waals surface area (Å²) in [5.74, 6) is -1.13. The van der Waals surface area contributed by atoms with E-state index in [0.717, 1.165) is 0 Å². The van der Waals surface area contributed by atoms with Crippen molar-refractivity contribution in [3.8, 4) is 5.75 Å². The summed E-state index contributed by atoms with van der Waals surface area (Å²) in [4.78, 5) is 10.9. The Morgan fingerprint density at radius 3 is 2.65 bits per heavy atom. The van der Waals surface area contributed by atoms with Crippen LogP contribution in [0.15, 0.2) is 23.1 Å². The first-order valence-corrected chi connectivity index (χ1v) is 7.76. The molecule has 0 amide bonds. The van der Waals surface area contributed by atoms with Gasteiger partial charge in [0.25, 0.3) is 0 Å². The van der Waals surface area contributed by atoms with Gasteiger partial charge in [-0.3, -0.25) is 4.79 Å². The molecule has 0 fully saturated rings. The first-order chi connectivity index (χ1) is 9.31. The van der Waals surface area contributed by atoms with E-state index in [-0.39, 0.29) is 22.1 Å². The van der Waals surface area contributed by atoms with Crippen LogP contribution in [0.4, 0.5) is 0 Å². The summed E-state index contributed by atoms with van der Waals surface area (Å²) in [5, 5.41) is 9.23. The summed E-state index contributed by atoms with van der Waals surface area (Å²) in [5.41, 5.74) is 0. The number of nitrogens with one attached hydrogen (secondary N) is 1. The van der Waals surface area contributed by atoms with E-state index >= 15 is 0 Å². The number of hydrogen-bond acceptors (Lipinski definition) is 4. The first kappa shape index (κ1) is 16.7. The molecular weight excluding hydrogens is 306 g/mol. The van der Waals surface area contributed by atoms with Gasteiger partial charge in [0.15, 0.2) is 0 Å². The molecule has 1 aromatic rings. The Morgan fingerprint density at radius 2 is 2.15 bits per heavy atom. The van der Waals surface area contributed by atoms with Gasteiger partial charge in [-0.1, -0.05) is 24.9 Å². The van der Waals surface area contributed by atoms with Crippen molar-refractivity contribution in [2.45, 2.75) is 30.7 Å². The van der Waals surface area contributed by atoms with Gasteiger partial charge in [-0.2, -0.15) is 4.72 Å². The molecule has 0 spiro atoms. The van der Waals surface area contributed by atoms with E-state index in [4.69, 9.17) is 21.4 Å². The van der Waals surface area contributed by atoms with Gasteiger partial charge in [0.05, 0.1) is 7.11 Å². The van der Waals surface area contributed by atoms with Crippen molar-refractivity contribution in [2.24, 2.45) is 0 Å². The fourth-order valence-corrected chi connectivity index (χ4v) is 3.29. The molecule has 0 aromatic heterocycles. The van der Waals surface area contributed by atoms with Crippen LogP contribution in [-0.2, 0) is 14.8 Å². The van der Waals surface area contributed by atoms with E-state index in [9.17, 15) is 13.2 Å². The molecule has 1 unspecified atom stereocenters. The maximum Gasteiger partial charge on any atom is 0.321 e. The molecule has 1 rings (SSSR count). The summed E-state index contributed by atoms with van der Waals surface area (Å²) < 4.78 is 31.6. The third kappa shape index (κ3) is 4.09. The van der Waals surface area contributed by atoms with E-state index in [2.05, 4.69) is 4.72 Å². The van der Waals surface area contributed by atoms with Crippen molar-refractivity contribution in [1.82, 2.24) is 4.72 Å². The Morgan fingerprint density at radius 1 is 1.50 bits per heavy atom. The number of ether oxygens (including phenoxy) is 1. The molecular formula is C12H16ClNO5S. The monoisotopic (exact) mass is 321 g/mol. The zero-order valence-electron chi connectivity index (χ0n) is 11.1. The summed E-state index contributed by atoms with van der Waals surface area (Å²) >= 11 is 5.78. The Hall–Kier alpha value is -1.31. The lowest BCUT2D eigenvalue weighted by Gasteiger charge is -2.15. The fourth-order valence-electron chi connectivity index (χ4n) is 1.63. The second-order valence-electron chi connectivity index (χ2n) is 4.10. The predicted molar refractivity (Wildman–Crippen MR) is 74.7 cm³/mol. The van der Waals surface area contributed by atoms with Crippen LogP contribution in [0.5, 0.6) is 5.75 Å². The third-order valence-electron chi connectivity index (χ3n) is 2.59. The van der Waals surface area contributed by atoms with Crippen LogP contribution in [0.25, 0.3) is 0 Å². The normalized spacial score (nSPS) is 12.9. The average Bonchev–Trinajstić information content (AvgIpc) is 2.38. The summed E-state index contributed by atoms with van der Waals surface area (Å²) in [7, 11) is -2.71. The molecule has 0 saturated carbocycles. The highest BCUT2D eigenvalue weighted by atomic mass is 35.5. The smallest absolute Gasteiger partial charge is 0.321 e. The van der Waals surface area contributed by atoms with Gasteiger partial charge >= 0.3 is 5.97 Å². The third-order valence-corrected chi connectivity index (χ3v) is 4.32. The minimum atomic E-state index is -4.03. The zero-order chi connectivity index (χ0) is 15.3. The van der Waals surface area contributed by atoms with Gasteiger partial charge in [0.2, 0.25) is 10.0 Å². The molecule has 1 aromatic carbocycles. The van der Waals surface area contributed by atoms with E-state index in [1.165, 1.54) is 25.3 Å². The number of rotatable bonds is 7. The number of halogens is 1. The number of carbonyl (C=O) groups is 1. The Balaban J connectivity index is 3.16. The minimum absolute atomic E-state index is 0.0996. The molecule has 0 aliphatic carbocycles. The highest BCUT2D eigenvalue weighted by Crippen LogP contribution is 2.27. The van der Waals surface area contributed by atoms with Crippen LogP contribution in [0.3, 0.4) is 0 Å². The number of aliphatic carboxylic acids is 1. The fraction of sp³-hybridized carbons (Fsp3) is 0.417. The zero-order valence-corrected chi connectivity index (χ0v) is 12.7. The highest BCUT2D eigenvalue weighted by Gasteiger charge is 2.27. The number of methoxy groups -OCH3 is 1. The van der Waals surface area contributed by atoms with Crippen LogP contribution >= 0.6 is 11.6 Å². The maximum absolute atomic E-state index is 12.2. The van der Waals surface area contributed by atoms with Gasteiger partial charge < -0.3 is 9.84 Å². The number of carboxylic acid groups (broad SMARTS) is 1. The van der Waals surface area contributed by atoms with Crippen molar-refractivity contribution in [1.29, 1.82) is 0 Å². The average molecular weight is 322 g/mol. The van der Waals surface area contributed by atoms with Gasteiger partial charge in [-0.05, 0) is 24.6 Å². The van der Waals surface area contributed by atoms with E-state index < -0.39 is 22.0 Å². The van der Waals surface area contributed by atoms with E-state index in [0.29, 0.717) is 6.42 Å². The van der Waals surface area contributed by atoms with E-state index in [1.54, 1.807) is 6.92 Å². The van der Waals surface area contributed by atoms with Gasteiger partial charge in [0, 0.05) is 5.02 Å². The van der Waals surface area contributed by atoms with E-state index in [1.807, 2.05) is 0 Å². The number of carboxylic acids is 1. The first-order valence-electron chi connectivity index (χ1n) is 5.90. The molecule has 0 radical (unpaired) electrons. The Bertz CT molecular complexity index is 588. The lowest BCUT2D eigenvalue weighted by atomic mass is 10.2. The quantitative estimate of drug-likeness (QED) is 0.800. The van der Waals surface area contributed by atoms with Crippen LogP contribution in [-0.4, -0.2) is 32.6 Å². The standard InChI is InChI=1S/C12H16ClNO5S/c1-3-4-9(12(15)16)14-20(17,18)11-7-8(13)5-6-10(11)19-2/h5-7,9,14H,3-4H2,1-2H3,(H,15,16). The van der Waals surface area contributed by atoms with Crippen molar-refractivity contribution in [2.75, 3.05) is 7.11 Å². The summed E-state index contributed by atoms with van der Waals surface area (Å²) in [6.07, 6.45) is 0.726. The topological polar surface area (TPSA) is 92.7 Å². The molecule has 6 nitrogen and oxygen atoms in total. The summed E-state index contributed by atoms with van der Waals surface area (Å²) in [6.45, 7) is 1.77. The van der Waals surface area contributed by atoms with Gasteiger partial charge in [-0.15, -0.1) is 0 Å². The molecule has 20 heavy (non-hydrogen) atoms. The molecule has 1 atom stereocenters.